The van der Waals surface area contributed by atoms with E-state index in [0.717, 1.165) is 17.7 Å². The van der Waals surface area contributed by atoms with Crippen LogP contribution in [-0.4, -0.2) is 60.4 Å². The standard InChI is InChI=1S/C36H48ClN3O4Si2/c1-34(2,3)46(11,12)43-32-27(23-40(5)6)30(24-16-14-13-15-17-24)35(25-18-20-26(37)21-19-25)36(32,44-45(8,9)10)31-28(42-35)22-29(38-4)39-33(31)41-7/h13-22,27,30,32H,23H2,1-3,5-12H3/t27-,30-,32-,35+,36+/m1/s1. The number of pyridine rings is 1. The molecule has 1 aliphatic carbocycles. The molecule has 3 aromatic rings. The maximum absolute atomic E-state index is 7.86. The van der Waals surface area contributed by atoms with Crippen molar-refractivity contribution in [3.63, 3.8) is 0 Å². The van der Waals surface area contributed by atoms with Crippen LogP contribution in [0.15, 0.2) is 60.7 Å². The molecule has 1 saturated carbocycles. The molecule has 0 N–H and O–H groups in total. The highest BCUT2D eigenvalue weighted by Crippen LogP contribution is 2.73. The molecule has 2 heterocycles. The second-order valence-electron chi connectivity index (χ2n) is 15.4. The van der Waals surface area contributed by atoms with Crippen molar-refractivity contribution in [2.45, 2.75) is 81.8 Å². The van der Waals surface area contributed by atoms with Crippen LogP contribution in [0.25, 0.3) is 4.85 Å². The molecule has 1 fully saturated rings. The lowest BCUT2D eigenvalue weighted by Gasteiger charge is -2.49. The third-order valence-electron chi connectivity index (χ3n) is 9.80. The molecular weight excluding hydrogens is 630 g/mol. The largest absolute Gasteiger partial charge is 0.479 e. The fraction of sp³-hybridized carbons (Fsp3) is 0.500. The van der Waals surface area contributed by atoms with E-state index in [1.165, 1.54) is 0 Å². The van der Waals surface area contributed by atoms with Crippen molar-refractivity contribution in [3.05, 3.63) is 93.8 Å². The van der Waals surface area contributed by atoms with Crippen LogP contribution in [0.3, 0.4) is 0 Å². The van der Waals surface area contributed by atoms with E-state index in [1.54, 1.807) is 13.2 Å². The van der Waals surface area contributed by atoms with Gasteiger partial charge in [-0.2, -0.15) is 0 Å². The Morgan fingerprint density at radius 1 is 1.02 bits per heavy atom. The fourth-order valence-electron chi connectivity index (χ4n) is 7.22. The number of nitrogens with zero attached hydrogens (tertiary/aromatic N) is 3. The molecule has 1 aliphatic heterocycles. The number of aromatic nitrogens is 1. The number of rotatable bonds is 9. The molecule has 10 heteroatoms. The molecule has 0 bridgehead atoms. The first-order valence-electron chi connectivity index (χ1n) is 15.9. The van der Waals surface area contributed by atoms with E-state index >= 15 is 0 Å². The van der Waals surface area contributed by atoms with Crippen molar-refractivity contribution in [1.29, 1.82) is 0 Å². The summed E-state index contributed by atoms with van der Waals surface area (Å²) in [5, 5.41) is 0.553. The third-order valence-corrected chi connectivity index (χ3v) is 15.4. The summed E-state index contributed by atoms with van der Waals surface area (Å²) in [6.45, 7) is 26.6. The van der Waals surface area contributed by atoms with Gasteiger partial charge in [-0.3, -0.25) is 0 Å². The Bertz CT molecular complexity index is 1620. The highest BCUT2D eigenvalue weighted by atomic mass is 35.5. The van der Waals surface area contributed by atoms with Gasteiger partial charge >= 0.3 is 5.88 Å². The number of halogens is 1. The Morgan fingerprint density at radius 2 is 1.65 bits per heavy atom. The van der Waals surface area contributed by atoms with Gasteiger partial charge in [0.05, 0.1) is 13.2 Å². The van der Waals surface area contributed by atoms with Gasteiger partial charge in [0.15, 0.2) is 27.8 Å². The number of ether oxygens (including phenoxy) is 2. The lowest BCUT2D eigenvalue weighted by atomic mass is 9.71. The van der Waals surface area contributed by atoms with Crippen molar-refractivity contribution in [2.75, 3.05) is 27.7 Å². The van der Waals surface area contributed by atoms with Gasteiger partial charge in [-0.1, -0.05) is 86.4 Å². The van der Waals surface area contributed by atoms with Crippen LogP contribution in [0.1, 0.15) is 43.4 Å². The van der Waals surface area contributed by atoms with Crippen molar-refractivity contribution in [2.24, 2.45) is 5.92 Å². The van der Waals surface area contributed by atoms with Crippen LogP contribution >= 0.6 is 11.6 Å². The Balaban J connectivity index is 2.02. The summed E-state index contributed by atoms with van der Waals surface area (Å²) in [6, 6.07) is 20.3. The molecule has 5 rings (SSSR count). The van der Waals surface area contributed by atoms with Gasteiger partial charge in [-0.25, -0.2) is 0 Å². The smallest absolute Gasteiger partial charge is 0.319 e. The summed E-state index contributed by atoms with van der Waals surface area (Å²) in [7, 11) is 0.944. The van der Waals surface area contributed by atoms with Crippen molar-refractivity contribution < 1.29 is 18.3 Å². The minimum Gasteiger partial charge on any atom is -0.479 e. The van der Waals surface area contributed by atoms with Gasteiger partial charge in [0.25, 0.3) is 5.82 Å². The lowest BCUT2D eigenvalue weighted by molar-refractivity contribution is -0.135. The zero-order valence-electron chi connectivity index (χ0n) is 29.1. The summed E-state index contributed by atoms with van der Waals surface area (Å²) in [5.74, 6) is 0.777. The van der Waals surface area contributed by atoms with Crippen molar-refractivity contribution >= 4 is 34.1 Å². The molecule has 0 unspecified atom stereocenters. The Morgan fingerprint density at radius 3 is 2.17 bits per heavy atom. The minimum atomic E-state index is -2.45. The highest BCUT2D eigenvalue weighted by Gasteiger charge is 2.80. The van der Waals surface area contributed by atoms with E-state index in [0.29, 0.717) is 22.2 Å². The molecule has 7 nitrogen and oxygen atoms in total. The van der Waals surface area contributed by atoms with Gasteiger partial charge in [0.2, 0.25) is 0 Å². The third kappa shape index (κ3) is 5.61. The number of hydrogen-bond donors (Lipinski definition) is 0. The van der Waals surface area contributed by atoms with Crippen molar-refractivity contribution in [3.8, 4) is 11.6 Å². The summed E-state index contributed by atoms with van der Waals surface area (Å²) in [4.78, 5) is 10.7. The molecule has 0 saturated heterocycles. The second kappa shape index (κ2) is 12.1. The van der Waals surface area contributed by atoms with Gasteiger partial charge in [-0.15, -0.1) is 0 Å². The minimum absolute atomic E-state index is 0.0723. The zero-order chi connectivity index (χ0) is 33.9. The first-order valence-corrected chi connectivity index (χ1v) is 22.6. The molecule has 46 heavy (non-hydrogen) atoms. The predicted octanol–water partition coefficient (Wildman–Crippen LogP) is 8.99. The van der Waals surface area contributed by atoms with Crippen LogP contribution in [-0.2, 0) is 20.1 Å². The molecular formula is C36H48ClN3O4Si2. The first-order chi connectivity index (χ1) is 21.4. The number of fused-ring (bicyclic) bond motifs is 3. The molecule has 2 aromatic carbocycles. The Labute approximate surface area is 282 Å². The van der Waals surface area contributed by atoms with E-state index in [2.05, 4.69) is 114 Å². The quantitative estimate of drug-likeness (QED) is 0.166. The molecule has 1 aromatic heterocycles. The van der Waals surface area contributed by atoms with Crippen LogP contribution in [0.2, 0.25) is 42.8 Å². The molecule has 0 spiro atoms. The summed E-state index contributed by atoms with van der Waals surface area (Å²) in [5.41, 5.74) is 0.461. The number of hydrogen-bond acceptors (Lipinski definition) is 6. The second-order valence-corrected chi connectivity index (χ2v) is 25.0. The van der Waals surface area contributed by atoms with Gasteiger partial charge in [0.1, 0.15) is 11.3 Å². The van der Waals surface area contributed by atoms with Gasteiger partial charge in [0, 0.05) is 29.5 Å². The summed E-state index contributed by atoms with van der Waals surface area (Å²) >= 11 is 6.54. The van der Waals surface area contributed by atoms with Crippen LogP contribution in [0, 0.1) is 12.5 Å². The maximum Gasteiger partial charge on any atom is 0.319 e. The van der Waals surface area contributed by atoms with E-state index < -0.39 is 33.9 Å². The molecule has 0 radical (unpaired) electrons. The lowest BCUT2D eigenvalue weighted by Crippen LogP contribution is -2.60. The van der Waals surface area contributed by atoms with Crippen LogP contribution in [0.4, 0.5) is 5.82 Å². The normalized spacial score (nSPS) is 26.0. The Kier molecular flexibility index (Phi) is 9.08. The van der Waals surface area contributed by atoms with Crippen LogP contribution < -0.4 is 9.47 Å². The number of methoxy groups -OCH3 is 1. The Hall–Kier alpha value is -2.72. The number of benzene rings is 2. The van der Waals surface area contributed by atoms with E-state index in [1.807, 2.05) is 18.2 Å². The molecule has 5 atom stereocenters. The van der Waals surface area contributed by atoms with E-state index in [9.17, 15) is 0 Å². The van der Waals surface area contributed by atoms with Gasteiger partial charge in [-0.05, 0) is 75.1 Å². The molecule has 0 amide bonds. The topological polar surface area (TPSA) is 57.4 Å². The average molecular weight is 678 g/mol. The van der Waals surface area contributed by atoms with Crippen molar-refractivity contribution in [1.82, 2.24) is 9.88 Å². The fourth-order valence-corrected chi connectivity index (χ4v) is 10.0. The summed E-state index contributed by atoms with van der Waals surface area (Å²) in [6.07, 6.45) is -0.459. The van der Waals surface area contributed by atoms with E-state index in [4.69, 9.17) is 41.5 Å². The van der Waals surface area contributed by atoms with E-state index in [-0.39, 0.29) is 22.7 Å². The predicted molar refractivity (Wildman–Crippen MR) is 190 cm³/mol. The maximum atomic E-state index is 7.86. The summed E-state index contributed by atoms with van der Waals surface area (Å²) < 4.78 is 29.0. The zero-order valence-corrected chi connectivity index (χ0v) is 31.8. The average Bonchev–Trinajstić information content (AvgIpc) is 3.35. The highest BCUT2D eigenvalue weighted by molar-refractivity contribution is 6.74. The molecule has 246 valence electrons. The first kappa shape index (κ1) is 34.6. The monoisotopic (exact) mass is 677 g/mol. The SMILES string of the molecule is [C-]#[N+]c1cc2c(c(OC)n1)[C@]1(O[Si](C)(C)C)[C@H](O[Si](C)(C)C(C)(C)C)[C@H](CN(C)C)[C@@H](c3ccccc3)[C@]1(c1ccc(Cl)cc1)O2. The van der Waals surface area contributed by atoms with Gasteiger partial charge < -0.3 is 28.1 Å². The molecule has 2 aliphatic rings. The van der Waals surface area contributed by atoms with Crippen LogP contribution in [0.5, 0.6) is 11.6 Å².